The number of amides is 1. The molecule has 0 atom stereocenters. The Morgan fingerprint density at radius 3 is 2.65 bits per heavy atom. The van der Waals surface area contributed by atoms with Crippen LogP contribution in [0.4, 0.5) is 5.69 Å². The highest BCUT2D eigenvalue weighted by Gasteiger charge is 2.15. The molecule has 2 N–H and O–H groups in total. The summed E-state index contributed by atoms with van der Waals surface area (Å²) in [6.07, 6.45) is 0. The summed E-state index contributed by atoms with van der Waals surface area (Å²) in [7, 11) is 1.80. The predicted octanol–water partition coefficient (Wildman–Crippen LogP) is 3.61. The minimum absolute atomic E-state index is 0.0187. The average Bonchev–Trinajstić information content (AvgIpc) is 2.41. The van der Waals surface area contributed by atoms with Gasteiger partial charge in [-0.25, -0.2) is 0 Å². The summed E-state index contributed by atoms with van der Waals surface area (Å²) in [5.41, 5.74) is 9.07. The molecule has 3 nitrogen and oxygen atoms in total. The van der Waals surface area contributed by atoms with Gasteiger partial charge in [-0.1, -0.05) is 34.1 Å². The fraction of sp³-hybridized carbons (Fsp3) is 0.188. The lowest BCUT2D eigenvalue weighted by Gasteiger charge is -2.19. The number of benzene rings is 2. The third-order valence-electron chi connectivity index (χ3n) is 3.26. The molecule has 0 heterocycles. The Bertz CT molecular complexity index is 640. The topological polar surface area (TPSA) is 46.3 Å². The van der Waals surface area contributed by atoms with Crippen LogP contribution in [-0.4, -0.2) is 17.9 Å². The number of anilines is 1. The van der Waals surface area contributed by atoms with Crippen LogP contribution in [0.2, 0.25) is 0 Å². The second kappa shape index (κ2) is 6.09. The van der Waals surface area contributed by atoms with E-state index in [1.165, 1.54) is 0 Å². The number of nitrogens with zero attached hydrogens (tertiary/aromatic N) is 1. The molecule has 2 aromatic carbocycles. The van der Waals surface area contributed by atoms with Crippen molar-refractivity contribution in [2.24, 2.45) is 0 Å². The first-order valence-electron chi connectivity index (χ1n) is 6.34. The van der Waals surface area contributed by atoms with Crippen LogP contribution in [0, 0.1) is 6.92 Å². The van der Waals surface area contributed by atoms with Gasteiger partial charge in [0.15, 0.2) is 0 Å². The Balaban J connectivity index is 2.19. The van der Waals surface area contributed by atoms with E-state index < -0.39 is 0 Å². The molecule has 20 heavy (non-hydrogen) atoms. The molecule has 0 fully saturated rings. The third kappa shape index (κ3) is 3.20. The molecule has 0 saturated heterocycles. The molecule has 0 unspecified atom stereocenters. The van der Waals surface area contributed by atoms with E-state index in [1.807, 2.05) is 43.3 Å². The van der Waals surface area contributed by atoms with E-state index in [-0.39, 0.29) is 5.91 Å². The summed E-state index contributed by atoms with van der Waals surface area (Å²) in [4.78, 5) is 14.2. The molecule has 1 amide bonds. The fourth-order valence-corrected chi connectivity index (χ4v) is 2.52. The van der Waals surface area contributed by atoms with E-state index in [4.69, 9.17) is 5.73 Å². The first-order valence-corrected chi connectivity index (χ1v) is 7.13. The summed E-state index contributed by atoms with van der Waals surface area (Å²) in [5, 5.41) is 0. The standard InChI is InChI=1S/C16H17BrN2O/c1-11-14(7-4-8-15(11)18)16(20)19(2)10-12-5-3-6-13(17)9-12/h3-9H,10,18H2,1-2H3. The van der Waals surface area contributed by atoms with Crippen molar-refractivity contribution in [3.05, 3.63) is 63.6 Å². The van der Waals surface area contributed by atoms with Gasteiger partial charge in [-0.15, -0.1) is 0 Å². The largest absolute Gasteiger partial charge is 0.398 e. The number of carbonyl (C=O) groups excluding carboxylic acids is 1. The van der Waals surface area contributed by atoms with Crippen molar-refractivity contribution in [1.29, 1.82) is 0 Å². The smallest absolute Gasteiger partial charge is 0.254 e. The number of hydrogen-bond donors (Lipinski definition) is 1. The lowest BCUT2D eigenvalue weighted by molar-refractivity contribution is 0.0784. The van der Waals surface area contributed by atoms with Crippen molar-refractivity contribution >= 4 is 27.5 Å². The van der Waals surface area contributed by atoms with Crippen LogP contribution in [0.15, 0.2) is 46.9 Å². The summed E-state index contributed by atoms with van der Waals surface area (Å²) in [6, 6.07) is 13.4. The van der Waals surface area contributed by atoms with E-state index in [0.717, 1.165) is 15.6 Å². The van der Waals surface area contributed by atoms with E-state index >= 15 is 0 Å². The zero-order valence-electron chi connectivity index (χ0n) is 11.6. The van der Waals surface area contributed by atoms with Crippen LogP contribution in [-0.2, 0) is 6.54 Å². The van der Waals surface area contributed by atoms with Crippen LogP contribution < -0.4 is 5.73 Å². The zero-order chi connectivity index (χ0) is 14.7. The van der Waals surface area contributed by atoms with Crippen LogP contribution >= 0.6 is 15.9 Å². The maximum atomic E-state index is 12.5. The van der Waals surface area contributed by atoms with Gasteiger partial charge in [0, 0.05) is 29.3 Å². The quantitative estimate of drug-likeness (QED) is 0.872. The molecule has 4 heteroatoms. The summed E-state index contributed by atoms with van der Waals surface area (Å²) in [5.74, 6) is -0.0187. The van der Waals surface area contributed by atoms with Gasteiger partial charge < -0.3 is 10.6 Å². The lowest BCUT2D eigenvalue weighted by atomic mass is 10.1. The van der Waals surface area contributed by atoms with E-state index in [0.29, 0.717) is 17.8 Å². The van der Waals surface area contributed by atoms with Crippen molar-refractivity contribution in [1.82, 2.24) is 4.90 Å². The van der Waals surface area contributed by atoms with Crippen molar-refractivity contribution < 1.29 is 4.79 Å². The van der Waals surface area contributed by atoms with Gasteiger partial charge in [-0.3, -0.25) is 4.79 Å². The average molecular weight is 333 g/mol. The number of nitrogen functional groups attached to an aromatic ring is 1. The van der Waals surface area contributed by atoms with Crippen molar-refractivity contribution in [3.8, 4) is 0 Å². The maximum Gasteiger partial charge on any atom is 0.254 e. The highest BCUT2D eigenvalue weighted by Crippen LogP contribution is 2.18. The van der Waals surface area contributed by atoms with Gasteiger partial charge >= 0.3 is 0 Å². The molecule has 0 radical (unpaired) electrons. The summed E-state index contributed by atoms with van der Waals surface area (Å²) >= 11 is 3.44. The lowest BCUT2D eigenvalue weighted by Crippen LogP contribution is -2.27. The van der Waals surface area contributed by atoms with Gasteiger partial charge in [0.2, 0.25) is 0 Å². The van der Waals surface area contributed by atoms with Crippen LogP contribution in [0.25, 0.3) is 0 Å². The Kier molecular flexibility index (Phi) is 4.45. The molecule has 0 spiro atoms. The predicted molar refractivity (Wildman–Crippen MR) is 85.5 cm³/mol. The summed E-state index contributed by atoms with van der Waals surface area (Å²) < 4.78 is 1.01. The molecule has 2 aromatic rings. The molecule has 0 aliphatic heterocycles. The molecule has 104 valence electrons. The van der Waals surface area contributed by atoms with Crippen molar-refractivity contribution in [3.63, 3.8) is 0 Å². The minimum atomic E-state index is -0.0187. The molecule has 0 bridgehead atoms. The van der Waals surface area contributed by atoms with E-state index in [1.54, 1.807) is 18.0 Å². The molecule has 0 aliphatic rings. The third-order valence-corrected chi connectivity index (χ3v) is 3.75. The van der Waals surface area contributed by atoms with Crippen LogP contribution in [0.1, 0.15) is 21.5 Å². The summed E-state index contributed by atoms with van der Waals surface area (Å²) in [6.45, 7) is 2.43. The highest BCUT2D eigenvalue weighted by atomic mass is 79.9. The Labute approximate surface area is 127 Å². The number of carbonyl (C=O) groups is 1. The van der Waals surface area contributed by atoms with Gasteiger partial charge in [-0.05, 0) is 42.3 Å². The highest BCUT2D eigenvalue weighted by molar-refractivity contribution is 9.10. The minimum Gasteiger partial charge on any atom is -0.398 e. The van der Waals surface area contributed by atoms with E-state index in [2.05, 4.69) is 15.9 Å². The van der Waals surface area contributed by atoms with Gasteiger partial charge in [0.05, 0.1) is 0 Å². The second-order valence-corrected chi connectivity index (χ2v) is 5.73. The monoisotopic (exact) mass is 332 g/mol. The molecular formula is C16H17BrN2O. The van der Waals surface area contributed by atoms with Crippen molar-refractivity contribution in [2.45, 2.75) is 13.5 Å². The molecule has 0 saturated carbocycles. The number of halogens is 1. The number of rotatable bonds is 3. The molecule has 0 aliphatic carbocycles. The second-order valence-electron chi connectivity index (χ2n) is 4.81. The fourth-order valence-electron chi connectivity index (χ4n) is 2.07. The van der Waals surface area contributed by atoms with E-state index in [9.17, 15) is 4.79 Å². The van der Waals surface area contributed by atoms with Gasteiger partial charge in [-0.2, -0.15) is 0 Å². The number of nitrogens with two attached hydrogens (primary N) is 1. The Morgan fingerprint density at radius 2 is 1.95 bits per heavy atom. The first-order chi connectivity index (χ1) is 9.49. The molecule has 2 rings (SSSR count). The van der Waals surface area contributed by atoms with Crippen molar-refractivity contribution in [2.75, 3.05) is 12.8 Å². The van der Waals surface area contributed by atoms with Crippen LogP contribution in [0.3, 0.4) is 0 Å². The van der Waals surface area contributed by atoms with Gasteiger partial charge in [0.1, 0.15) is 0 Å². The van der Waals surface area contributed by atoms with Crippen LogP contribution in [0.5, 0.6) is 0 Å². The SMILES string of the molecule is Cc1c(N)cccc1C(=O)N(C)Cc1cccc(Br)c1. The molecule has 0 aromatic heterocycles. The maximum absolute atomic E-state index is 12.5. The zero-order valence-corrected chi connectivity index (χ0v) is 13.1. The Hall–Kier alpha value is -1.81. The Morgan fingerprint density at radius 1 is 1.25 bits per heavy atom. The number of hydrogen-bond acceptors (Lipinski definition) is 2. The first kappa shape index (κ1) is 14.6. The normalized spacial score (nSPS) is 10.3. The van der Waals surface area contributed by atoms with Gasteiger partial charge in [0.25, 0.3) is 5.91 Å². The molecular weight excluding hydrogens is 316 g/mol.